The van der Waals surface area contributed by atoms with Crippen molar-refractivity contribution < 1.29 is 4.79 Å². The van der Waals surface area contributed by atoms with E-state index in [9.17, 15) is 4.79 Å². The molecule has 0 heterocycles. The van der Waals surface area contributed by atoms with Crippen LogP contribution in [0.25, 0.3) is 0 Å². The van der Waals surface area contributed by atoms with Crippen LogP contribution in [0.15, 0.2) is 12.7 Å². The van der Waals surface area contributed by atoms with E-state index in [1.165, 1.54) is 6.08 Å². The van der Waals surface area contributed by atoms with Gasteiger partial charge in [-0.2, -0.15) is 0 Å². The third-order valence-corrected chi connectivity index (χ3v) is 0.972. The molecule has 0 aliphatic carbocycles. The van der Waals surface area contributed by atoms with Crippen LogP contribution >= 0.6 is 0 Å². The topological polar surface area (TPSA) is 17.1 Å². The highest BCUT2D eigenvalue weighted by Gasteiger charge is 1.91. The van der Waals surface area contributed by atoms with Gasteiger partial charge in [0.25, 0.3) is 0 Å². The lowest BCUT2D eigenvalue weighted by Crippen LogP contribution is -1.89. The maximum Gasteiger partial charge on any atom is 0.155 e. The molecule has 48 valence electrons. The van der Waals surface area contributed by atoms with E-state index in [0.717, 1.165) is 6.42 Å². The van der Waals surface area contributed by atoms with Crippen molar-refractivity contribution in [3.8, 4) is 12.3 Å². The van der Waals surface area contributed by atoms with E-state index in [0.29, 0.717) is 12.8 Å². The number of allylic oxidation sites excluding steroid dienone is 1. The maximum absolute atomic E-state index is 10.5. The number of rotatable bonds is 4. The molecule has 0 bridgehead atoms. The number of hydrogen-bond acceptors (Lipinski definition) is 1. The second-order valence-corrected chi connectivity index (χ2v) is 1.73. The fourth-order valence-electron chi connectivity index (χ4n) is 0.467. The number of hydrogen-bond donors (Lipinski definition) is 0. The molecule has 0 rings (SSSR count). The van der Waals surface area contributed by atoms with Crippen molar-refractivity contribution in [2.45, 2.75) is 19.3 Å². The Hall–Kier alpha value is -1.03. The molecule has 0 aromatic heterocycles. The minimum absolute atomic E-state index is 0.0743. The van der Waals surface area contributed by atoms with Crippen LogP contribution in [0, 0.1) is 12.3 Å². The van der Waals surface area contributed by atoms with Gasteiger partial charge in [-0.3, -0.25) is 4.79 Å². The molecule has 0 unspecified atom stereocenters. The summed E-state index contributed by atoms with van der Waals surface area (Å²) in [6, 6.07) is 0. The lowest BCUT2D eigenvalue weighted by molar-refractivity contribution is -0.114. The van der Waals surface area contributed by atoms with Crippen molar-refractivity contribution >= 4 is 5.78 Å². The number of carbonyl (C=O) groups is 1. The van der Waals surface area contributed by atoms with E-state index in [1.54, 1.807) is 0 Å². The number of ketones is 1. The minimum atomic E-state index is 0.0743. The van der Waals surface area contributed by atoms with Crippen LogP contribution in [-0.4, -0.2) is 5.78 Å². The Bertz CT molecular complexity index is 139. The molecule has 0 amide bonds. The van der Waals surface area contributed by atoms with Crippen LogP contribution in [0.5, 0.6) is 0 Å². The predicted molar refractivity (Wildman–Crippen MR) is 37.9 cm³/mol. The molecule has 9 heavy (non-hydrogen) atoms. The highest BCUT2D eigenvalue weighted by atomic mass is 16.1. The Labute approximate surface area is 55.8 Å². The molecule has 0 atom stereocenters. The van der Waals surface area contributed by atoms with Gasteiger partial charge in [0.2, 0.25) is 0 Å². The van der Waals surface area contributed by atoms with Crippen LogP contribution in [0.2, 0.25) is 0 Å². The second kappa shape index (κ2) is 5.11. The van der Waals surface area contributed by atoms with E-state index in [4.69, 9.17) is 6.42 Å². The van der Waals surface area contributed by atoms with Crippen LogP contribution in [0.3, 0.4) is 0 Å². The molecule has 0 aliphatic heterocycles. The van der Waals surface area contributed by atoms with E-state index >= 15 is 0 Å². The molecule has 0 N–H and O–H groups in total. The molecule has 0 saturated carbocycles. The molecule has 0 spiro atoms. The monoisotopic (exact) mass is 122 g/mol. The second-order valence-electron chi connectivity index (χ2n) is 1.73. The molecule has 1 heteroatoms. The first kappa shape index (κ1) is 7.97. The third-order valence-electron chi connectivity index (χ3n) is 0.972. The lowest BCUT2D eigenvalue weighted by atomic mass is 10.2. The highest BCUT2D eigenvalue weighted by molar-refractivity contribution is 5.88. The summed E-state index contributed by atoms with van der Waals surface area (Å²) in [6.07, 6.45) is 8.29. The summed E-state index contributed by atoms with van der Waals surface area (Å²) in [5.41, 5.74) is 0. The van der Waals surface area contributed by atoms with Gasteiger partial charge in [-0.15, -0.1) is 12.3 Å². The Kier molecular flexibility index (Phi) is 4.53. The summed E-state index contributed by atoms with van der Waals surface area (Å²) in [5.74, 6) is 2.53. The van der Waals surface area contributed by atoms with Gasteiger partial charge in [-0.25, -0.2) is 0 Å². The van der Waals surface area contributed by atoms with Gasteiger partial charge >= 0.3 is 0 Å². The Morgan fingerprint density at radius 2 is 2.44 bits per heavy atom. The summed E-state index contributed by atoms with van der Waals surface area (Å²) in [5, 5.41) is 0. The summed E-state index contributed by atoms with van der Waals surface area (Å²) in [6.45, 7) is 3.34. The normalized spacial score (nSPS) is 7.89. The predicted octanol–water partition coefficient (Wildman–Crippen LogP) is 1.54. The smallest absolute Gasteiger partial charge is 0.155 e. The molecule has 0 aromatic rings. The molecule has 1 nitrogen and oxygen atoms in total. The van der Waals surface area contributed by atoms with Crippen LogP contribution < -0.4 is 0 Å². The summed E-state index contributed by atoms with van der Waals surface area (Å²) in [7, 11) is 0. The summed E-state index contributed by atoms with van der Waals surface area (Å²) in [4.78, 5) is 10.5. The van der Waals surface area contributed by atoms with Gasteiger partial charge in [0.05, 0.1) is 0 Å². The number of terminal acetylenes is 1. The first-order valence-electron chi connectivity index (χ1n) is 2.90. The SMILES string of the molecule is C#CCCCC(=O)C=C. The van der Waals surface area contributed by atoms with Crippen LogP contribution in [-0.2, 0) is 4.79 Å². The molecule has 0 radical (unpaired) electrons. The minimum Gasteiger partial charge on any atom is -0.295 e. The van der Waals surface area contributed by atoms with Crippen molar-refractivity contribution in [1.82, 2.24) is 0 Å². The van der Waals surface area contributed by atoms with Gasteiger partial charge < -0.3 is 0 Å². The zero-order valence-electron chi connectivity index (χ0n) is 5.39. The first-order valence-corrected chi connectivity index (χ1v) is 2.90. The van der Waals surface area contributed by atoms with Crippen molar-refractivity contribution in [2.75, 3.05) is 0 Å². The lowest BCUT2D eigenvalue weighted by Gasteiger charge is -1.88. The van der Waals surface area contributed by atoms with Gasteiger partial charge in [0, 0.05) is 12.8 Å². The quantitative estimate of drug-likeness (QED) is 0.314. The molecule has 0 aromatic carbocycles. The zero-order chi connectivity index (χ0) is 7.11. The Morgan fingerprint density at radius 1 is 1.78 bits per heavy atom. The van der Waals surface area contributed by atoms with Gasteiger partial charge in [0.1, 0.15) is 0 Å². The average molecular weight is 122 g/mol. The van der Waals surface area contributed by atoms with E-state index < -0.39 is 0 Å². The number of unbranched alkanes of at least 4 members (excludes halogenated alkanes) is 1. The van der Waals surface area contributed by atoms with E-state index in [1.807, 2.05) is 0 Å². The maximum atomic E-state index is 10.5. The van der Waals surface area contributed by atoms with Crippen molar-refractivity contribution in [1.29, 1.82) is 0 Å². The van der Waals surface area contributed by atoms with Crippen LogP contribution in [0.1, 0.15) is 19.3 Å². The number of carbonyl (C=O) groups excluding carboxylic acids is 1. The van der Waals surface area contributed by atoms with E-state index in [2.05, 4.69) is 12.5 Å². The van der Waals surface area contributed by atoms with Gasteiger partial charge in [-0.1, -0.05) is 6.58 Å². The van der Waals surface area contributed by atoms with Crippen molar-refractivity contribution in [3.63, 3.8) is 0 Å². The largest absolute Gasteiger partial charge is 0.295 e. The van der Waals surface area contributed by atoms with E-state index in [-0.39, 0.29) is 5.78 Å². The van der Waals surface area contributed by atoms with Gasteiger partial charge in [0.15, 0.2) is 5.78 Å². The fraction of sp³-hybridized carbons (Fsp3) is 0.375. The molecule has 0 aliphatic rings. The fourth-order valence-corrected chi connectivity index (χ4v) is 0.467. The Balaban J connectivity index is 3.19. The first-order chi connectivity index (χ1) is 4.31. The van der Waals surface area contributed by atoms with Crippen LogP contribution in [0.4, 0.5) is 0 Å². The highest BCUT2D eigenvalue weighted by Crippen LogP contribution is 1.94. The third kappa shape index (κ3) is 4.83. The Morgan fingerprint density at radius 3 is 2.89 bits per heavy atom. The molecule has 0 fully saturated rings. The zero-order valence-corrected chi connectivity index (χ0v) is 5.39. The summed E-state index contributed by atoms with van der Waals surface area (Å²) >= 11 is 0. The van der Waals surface area contributed by atoms with Crippen molar-refractivity contribution in [2.24, 2.45) is 0 Å². The standard InChI is InChI=1S/C8H10O/c1-3-5-6-7-8(9)4-2/h1,4H,2,5-7H2. The molecular formula is C8H10O. The molecule has 0 saturated heterocycles. The summed E-state index contributed by atoms with van der Waals surface area (Å²) < 4.78 is 0. The average Bonchev–Trinajstić information content (AvgIpc) is 1.89. The van der Waals surface area contributed by atoms with Crippen molar-refractivity contribution in [3.05, 3.63) is 12.7 Å². The van der Waals surface area contributed by atoms with Gasteiger partial charge in [-0.05, 0) is 12.5 Å². The molecular weight excluding hydrogens is 112 g/mol.